The van der Waals surface area contributed by atoms with Gasteiger partial charge in [0.15, 0.2) is 0 Å². The molecule has 0 aromatic heterocycles. The number of alkyl halides is 1. The minimum atomic E-state index is -0.371. The van der Waals surface area contributed by atoms with Gasteiger partial charge in [-0.3, -0.25) is 0 Å². The van der Waals surface area contributed by atoms with Crippen molar-refractivity contribution >= 4 is 28.9 Å². The fourth-order valence-electron chi connectivity index (χ4n) is 1.59. The van der Waals surface area contributed by atoms with Crippen LogP contribution in [-0.2, 0) is 12.4 Å². The van der Waals surface area contributed by atoms with Gasteiger partial charge in [0.1, 0.15) is 5.82 Å². The van der Waals surface area contributed by atoms with Gasteiger partial charge >= 0.3 is 0 Å². The van der Waals surface area contributed by atoms with Crippen LogP contribution in [0.3, 0.4) is 0 Å². The van der Waals surface area contributed by atoms with E-state index in [0.717, 1.165) is 11.3 Å². The zero-order valence-electron chi connectivity index (χ0n) is 9.59. The molecule has 0 saturated heterocycles. The second-order valence-corrected chi connectivity index (χ2v) is 4.57. The average Bonchev–Trinajstić information content (AvgIpc) is 2.41. The third-order valence-electron chi connectivity index (χ3n) is 2.62. The van der Waals surface area contributed by atoms with E-state index in [1.54, 1.807) is 12.1 Å². The van der Waals surface area contributed by atoms with Crippen LogP contribution in [0, 0.1) is 5.82 Å². The van der Waals surface area contributed by atoms with Gasteiger partial charge in [-0.2, -0.15) is 0 Å². The Hall–Kier alpha value is -1.25. The molecule has 0 atom stereocenters. The van der Waals surface area contributed by atoms with Crippen molar-refractivity contribution in [3.63, 3.8) is 0 Å². The van der Waals surface area contributed by atoms with E-state index in [2.05, 4.69) is 5.32 Å². The lowest BCUT2D eigenvalue weighted by Crippen LogP contribution is -2.02. The minimum Gasteiger partial charge on any atom is -0.381 e. The fourth-order valence-corrected chi connectivity index (χ4v) is 1.97. The summed E-state index contributed by atoms with van der Waals surface area (Å²) in [4.78, 5) is 0. The van der Waals surface area contributed by atoms with Gasteiger partial charge in [0, 0.05) is 23.7 Å². The Morgan fingerprint density at radius 3 is 2.44 bits per heavy atom. The Morgan fingerprint density at radius 2 is 1.78 bits per heavy atom. The van der Waals surface area contributed by atoms with Gasteiger partial charge in [-0.05, 0) is 23.8 Å². The third kappa shape index (κ3) is 3.15. The second-order valence-electron chi connectivity index (χ2n) is 3.90. The van der Waals surface area contributed by atoms with Crippen LogP contribution in [0.25, 0.3) is 0 Å². The summed E-state index contributed by atoms with van der Waals surface area (Å²) in [6.45, 7) is 0.395. The fraction of sp³-hybridized carbons (Fsp3) is 0.143. The van der Waals surface area contributed by atoms with Crippen LogP contribution in [0.5, 0.6) is 0 Å². The predicted octanol–water partition coefficient (Wildman–Crippen LogP) is 4.83. The zero-order chi connectivity index (χ0) is 13.0. The summed E-state index contributed by atoms with van der Waals surface area (Å²) in [7, 11) is 0. The van der Waals surface area contributed by atoms with Crippen molar-refractivity contribution in [1.82, 2.24) is 0 Å². The van der Waals surface area contributed by atoms with Crippen molar-refractivity contribution in [1.29, 1.82) is 0 Å². The molecule has 2 aromatic carbocycles. The van der Waals surface area contributed by atoms with Gasteiger partial charge in [-0.1, -0.05) is 35.9 Å². The molecule has 94 valence electrons. The van der Waals surface area contributed by atoms with Crippen molar-refractivity contribution in [3.8, 4) is 0 Å². The number of rotatable bonds is 4. The molecule has 2 aromatic rings. The Morgan fingerprint density at radius 1 is 1.06 bits per heavy atom. The molecule has 18 heavy (non-hydrogen) atoms. The summed E-state index contributed by atoms with van der Waals surface area (Å²) in [5, 5.41) is 3.28. The molecule has 0 spiro atoms. The van der Waals surface area contributed by atoms with Crippen LogP contribution in [0.15, 0.2) is 42.5 Å². The SMILES string of the molecule is Fc1c(Cl)cccc1CNc1ccc(CCl)cc1. The summed E-state index contributed by atoms with van der Waals surface area (Å²) >= 11 is 11.4. The maximum Gasteiger partial charge on any atom is 0.146 e. The highest BCUT2D eigenvalue weighted by Gasteiger charge is 2.05. The van der Waals surface area contributed by atoms with Crippen LogP contribution in [0.1, 0.15) is 11.1 Å². The lowest BCUT2D eigenvalue weighted by Gasteiger charge is -2.08. The molecule has 0 saturated carbocycles. The number of hydrogen-bond acceptors (Lipinski definition) is 1. The van der Waals surface area contributed by atoms with E-state index in [4.69, 9.17) is 23.2 Å². The standard InChI is InChI=1S/C14H12Cl2FN/c15-8-10-4-6-12(7-5-10)18-9-11-2-1-3-13(16)14(11)17/h1-7,18H,8-9H2. The number of benzene rings is 2. The number of nitrogens with one attached hydrogen (secondary N) is 1. The third-order valence-corrected chi connectivity index (χ3v) is 3.22. The summed E-state index contributed by atoms with van der Waals surface area (Å²) in [6, 6.07) is 12.7. The highest BCUT2D eigenvalue weighted by molar-refractivity contribution is 6.30. The summed E-state index contributed by atoms with van der Waals surface area (Å²) in [6.07, 6.45) is 0. The summed E-state index contributed by atoms with van der Waals surface area (Å²) in [5.41, 5.74) is 2.52. The van der Waals surface area contributed by atoms with E-state index < -0.39 is 0 Å². The molecule has 0 bridgehead atoms. The molecule has 0 heterocycles. The van der Waals surface area contributed by atoms with E-state index in [-0.39, 0.29) is 10.8 Å². The second kappa shape index (κ2) is 6.07. The molecule has 0 amide bonds. The molecule has 2 rings (SSSR count). The van der Waals surface area contributed by atoms with Crippen molar-refractivity contribution in [2.45, 2.75) is 12.4 Å². The van der Waals surface area contributed by atoms with Crippen molar-refractivity contribution in [3.05, 3.63) is 64.4 Å². The molecule has 0 fully saturated rings. The Kier molecular flexibility index (Phi) is 4.45. The van der Waals surface area contributed by atoms with E-state index in [1.807, 2.05) is 24.3 Å². The van der Waals surface area contributed by atoms with E-state index in [1.165, 1.54) is 6.07 Å². The summed E-state index contributed by atoms with van der Waals surface area (Å²) in [5.74, 6) is 0.118. The molecule has 0 radical (unpaired) electrons. The molecule has 1 nitrogen and oxygen atoms in total. The summed E-state index contributed by atoms with van der Waals surface area (Å²) < 4.78 is 13.6. The van der Waals surface area contributed by atoms with E-state index in [0.29, 0.717) is 18.0 Å². The Balaban J connectivity index is 2.04. The first-order chi connectivity index (χ1) is 8.70. The average molecular weight is 284 g/mol. The highest BCUT2D eigenvalue weighted by atomic mass is 35.5. The van der Waals surface area contributed by atoms with Crippen molar-refractivity contribution < 1.29 is 4.39 Å². The van der Waals surface area contributed by atoms with E-state index >= 15 is 0 Å². The van der Waals surface area contributed by atoms with Gasteiger partial charge in [-0.15, -0.1) is 11.6 Å². The smallest absolute Gasteiger partial charge is 0.146 e. The van der Waals surface area contributed by atoms with Gasteiger partial charge in [0.05, 0.1) is 5.02 Å². The first kappa shape index (κ1) is 13.2. The molecular weight excluding hydrogens is 272 g/mol. The van der Waals surface area contributed by atoms with Gasteiger partial charge in [0.25, 0.3) is 0 Å². The molecule has 4 heteroatoms. The van der Waals surface area contributed by atoms with Crippen LogP contribution < -0.4 is 5.32 Å². The lowest BCUT2D eigenvalue weighted by molar-refractivity contribution is 0.613. The molecule has 1 N–H and O–H groups in total. The van der Waals surface area contributed by atoms with Gasteiger partial charge in [-0.25, -0.2) is 4.39 Å². The number of anilines is 1. The number of hydrogen-bond donors (Lipinski definition) is 1. The van der Waals surface area contributed by atoms with Crippen LogP contribution in [-0.4, -0.2) is 0 Å². The van der Waals surface area contributed by atoms with Crippen LogP contribution in [0.4, 0.5) is 10.1 Å². The highest BCUT2D eigenvalue weighted by Crippen LogP contribution is 2.19. The molecule has 0 unspecified atom stereocenters. The van der Waals surface area contributed by atoms with Gasteiger partial charge < -0.3 is 5.32 Å². The largest absolute Gasteiger partial charge is 0.381 e. The monoisotopic (exact) mass is 283 g/mol. The Labute approximate surface area is 116 Å². The molecular formula is C14H12Cl2FN. The van der Waals surface area contributed by atoms with E-state index in [9.17, 15) is 4.39 Å². The quantitative estimate of drug-likeness (QED) is 0.793. The zero-order valence-corrected chi connectivity index (χ0v) is 11.1. The maximum atomic E-state index is 13.6. The van der Waals surface area contributed by atoms with Crippen molar-refractivity contribution in [2.75, 3.05) is 5.32 Å². The topological polar surface area (TPSA) is 12.0 Å². The molecule has 0 aliphatic rings. The minimum absolute atomic E-state index is 0.145. The normalized spacial score (nSPS) is 10.4. The predicted molar refractivity (Wildman–Crippen MR) is 74.7 cm³/mol. The van der Waals surface area contributed by atoms with Gasteiger partial charge in [0.2, 0.25) is 0 Å². The van der Waals surface area contributed by atoms with Crippen molar-refractivity contribution in [2.24, 2.45) is 0 Å². The first-order valence-electron chi connectivity index (χ1n) is 5.52. The molecule has 0 aliphatic heterocycles. The first-order valence-corrected chi connectivity index (χ1v) is 6.43. The van der Waals surface area contributed by atoms with Crippen LogP contribution in [0.2, 0.25) is 5.02 Å². The maximum absolute atomic E-state index is 13.6. The lowest BCUT2D eigenvalue weighted by atomic mass is 10.2. The Bertz CT molecular complexity index is 526. The number of halogens is 3. The molecule has 0 aliphatic carbocycles. The van der Waals surface area contributed by atoms with Crippen LogP contribution >= 0.6 is 23.2 Å².